The molecular weight excluding hydrogens is 202 g/mol. The van der Waals surface area contributed by atoms with Gasteiger partial charge in [0.2, 0.25) is 0 Å². The van der Waals surface area contributed by atoms with Crippen LogP contribution in [0.2, 0.25) is 0 Å². The molecule has 1 N–H and O–H groups in total. The summed E-state index contributed by atoms with van der Waals surface area (Å²) in [6.07, 6.45) is 5.47. The van der Waals surface area contributed by atoms with Crippen molar-refractivity contribution in [2.24, 2.45) is 0 Å². The van der Waals surface area contributed by atoms with Crippen molar-refractivity contribution in [2.75, 3.05) is 18.5 Å². The molecule has 0 bridgehead atoms. The first-order chi connectivity index (χ1) is 7.73. The molecule has 1 fully saturated rings. The van der Waals surface area contributed by atoms with Gasteiger partial charge in [0.15, 0.2) is 0 Å². The Morgan fingerprint density at radius 3 is 3.25 bits per heavy atom. The zero-order valence-corrected chi connectivity index (χ0v) is 9.36. The molecule has 1 aromatic rings. The molecule has 2 heterocycles. The van der Waals surface area contributed by atoms with Gasteiger partial charge in [0, 0.05) is 19.3 Å². The van der Waals surface area contributed by atoms with Crippen molar-refractivity contribution in [3.8, 4) is 6.07 Å². The standard InChI is InChI=1S/C12H15N3O/c1-12(4-2-6-16-12)9-15-11-8-14-5-3-10(11)7-13/h3,5,8,15H,2,4,6,9H2,1H3. The molecule has 84 valence electrons. The maximum Gasteiger partial charge on any atom is 0.101 e. The minimum absolute atomic E-state index is 0.109. The topological polar surface area (TPSA) is 57.9 Å². The van der Waals surface area contributed by atoms with Gasteiger partial charge in [-0.3, -0.25) is 4.98 Å². The van der Waals surface area contributed by atoms with Crippen molar-refractivity contribution in [3.05, 3.63) is 24.0 Å². The summed E-state index contributed by atoms with van der Waals surface area (Å²) in [6, 6.07) is 3.85. The Labute approximate surface area is 95.3 Å². The van der Waals surface area contributed by atoms with Crippen LogP contribution in [0.3, 0.4) is 0 Å². The van der Waals surface area contributed by atoms with E-state index in [1.54, 1.807) is 18.5 Å². The van der Waals surface area contributed by atoms with Gasteiger partial charge in [-0.15, -0.1) is 0 Å². The molecule has 2 rings (SSSR count). The van der Waals surface area contributed by atoms with Crippen LogP contribution in [-0.4, -0.2) is 23.7 Å². The van der Waals surface area contributed by atoms with Gasteiger partial charge in [-0.25, -0.2) is 0 Å². The van der Waals surface area contributed by atoms with E-state index in [1.165, 1.54) is 0 Å². The van der Waals surface area contributed by atoms with Gasteiger partial charge in [0.25, 0.3) is 0 Å². The zero-order valence-electron chi connectivity index (χ0n) is 9.36. The number of aromatic nitrogens is 1. The molecule has 0 spiro atoms. The summed E-state index contributed by atoms with van der Waals surface area (Å²) in [6.45, 7) is 3.64. The maximum absolute atomic E-state index is 8.93. The molecular formula is C12H15N3O. The van der Waals surface area contributed by atoms with Gasteiger partial charge in [0.1, 0.15) is 6.07 Å². The van der Waals surface area contributed by atoms with Gasteiger partial charge < -0.3 is 10.1 Å². The van der Waals surface area contributed by atoms with Crippen molar-refractivity contribution in [2.45, 2.75) is 25.4 Å². The second-order valence-electron chi connectivity index (χ2n) is 4.29. The van der Waals surface area contributed by atoms with Crippen LogP contribution in [0, 0.1) is 11.3 Å². The number of hydrogen-bond donors (Lipinski definition) is 1. The van der Waals surface area contributed by atoms with Gasteiger partial charge in [0.05, 0.1) is 23.0 Å². The lowest BCUT2D eigenvalue weighted by atomic mass is 10.0. The highest BCUT2D eigenvalue weighted by Crippen LogP contribution is 2.25. The minimum atomic E-state index is -0.109. The Balaban J connectivity index is 2.02. The summed E-state index contributed by atoms with van der Waals surface area (Å²) in [4.78, 5) is 4.01. The fourth-order valence-electron chi connectivity index (χ4n) is 1.89. The first kappa shape index (κ1) is 10.9. The van der Waals surface area contributed by atoms with Gasteiger partial charge in [-0.2, -0.15) is 5.26 Å². The summed E-state index contributed by atoms with van der Waals surface area (Å²) < 4.78 is 5.67. The van der Waals surface area contributed by atoms with Crippen molar-refractivity contribution in [3.63, 3.8) is 0 Å². The third-order valence-corrected chi connectivity index (χ3v) is 2.89. The van der Waals surface area contributed by atoms with Crippen LogP contribution in [0.5, 0.6) is 0 Å². The molecule has 1 aliphatic rings. The van der Waals surface area contributed by atoms with E-state index in [0.29, 0.717) is 12.1 Å². The average molecular weight is 217 g/mol. The first-order valence-corrected chi connectivity index (χ1v) is 5.45. The van der Waals surface area contributed by atoms with Crippen molar-refractivity contribution in [1.82, 2.24) is 4.98 Å². The number of nitriles is 1. The largest absolute Gasteiger partial charge is 0.380 e. The lowest BCUT2D eigenvalue weighted by Crippen LogP contribution is -2.32. The van der Waals surface area contributed by atoms with Crippen LogP contribution in [0.25, 0.3) is 0 Å². The minimum Gasteiger partial charge on any atom is -0.380 e. The molecule has 1 saturated heterocycles. The molecule has 1 aromatic heterocycles. The number of nitrogens with zero attached hydrogens (tertiary/aromatic N) is 2. The Morgan fingerprint density at radius 1 is 1.69 bits per heavy atom. The van der Waals surface area contributed by atoms with Crippen molar-refractivity contribution < 1.29 is 4.74 Å². The van der Waals surface area contributed by atoms with Gasteiger partial charge >= 0.3 is 0 Å². The van der Waals surface area contributed by atoms with E-state index in [4.69, 9.17) is 10.00 Å². The summed E-state index contributed by atoms with van der Waals surface area (Å²) in [7, 11) is 0. The van der Waals surface area contributed by atoms with E-state index in [-0.39, 0.29) is 5.60 Å². The molecule has 4 heteroatoms. The number of rotatable bonds is 3. The number of anilines is 1. The van der Waals surface area contributed by atoms with E-state index in [2.05, 4.69) is 23.3 Å². The van der Waals surface area contributed by atoms with Crippen LogP contribution in [0.1, 0.15) is 25.3 Å². The maximum atomic E-state index is 8.93. The zero-order chi connectivity index (χ0) is 11.4. The van der Waals surface area contributed by atoms with Crippen molar-refractivity contribution >= 4 is 5.69 Å². The van der Waals surface area contributed by atoms with Crippen LogP contribution < -0.4 is 5.32 Å². The predicted octanol–water partition coefficient (Wildman–Crippen LogP) is 1.93. The van der Waals surface area contributed by atoms with Gasteiger partial charge in [-0.05, 0) is 25.8 Å². The lowest BCUT2D eigenvalue weighted by molar-refractivity contribution is 0.0315. The Kier molecular flexibility index (Phi) is 3.07. The molecule has 0 saturated carbocycles. The number of pyridine rings is 1. The molecule has 0 aromatic carbocycles. The van der Waals surface area contributed by atoms with Crippen LogP contribution in [0.15, 0.2) is 18.5 Å². The third kappa shape index (κ3) is 2.31. The van der Waals surface area contributed by atoms with E-state index in [1.807, 2.05) is 0 Å². The summed E-state index contributed by atoms with van der Waals surface area (Å²) in [5, 5.41) is 12.2. The third-order valence-electron chi connectivity index (χ3n) is 2.89. The Bertz CT molecular complexity index is 405. The Morgan fingerprint density at radius 2 is 2.56 bits per heavy atom. The quantitative estimate of drug-likeness (QED) is 0.840. The lowest BCUT2D eigenvalue weighted by Gasteiger charge is -2.24. The molecule has 1 aliphatic heterocycles. The van der Waals surface area contributed by atoms with E-state index in [9.17, 15) is 0 Å². The molecule has 1 atom stereocenters. The number of hydrogen-bond acceptors (Lipinski definition) is 4. The number of ether oxygens (including phenoxy) is 1. The van der Waals surface area contributed by atoms with E-state index in [0.717, 1.165) is 25.1 Å². The van der Waals surface area contributed by atoms with Crippen LogP contribution in [0.4, 0.5) is 5.69 Å². The fraction of sp³-hybridized carbons (Fsp3) is 0.500. The highest BCUT2D eigenvalue weighted by molar-refractivity contribution is 5.55. The molecule has 0 radical (unpaired) electrons. The first-order valence-electron chi connectivity index (χ1n) is 5.45. The molecule has 0 amide bonds. The summed E-state index contributed by atoms with van der Waals surface area (Å²) >= 11 is 0. The van der Waals surface area contributed by atoms with Crippen LogP contribution in [-0.2, 0) is 4.74 Å². The van der Waals surface area contributed by atoms with E-state index >= 15 is 0 Å². The van der Waals surface area contributed by atoms with E-state index < -0.39 is 0 Å². The molecule has 0 aliphatic carbocycles. The number of nitrogens with one attached hydrogen (secondary N) is 1. The predicted molar refractivity (Wildman–Crippen MR) is 61.0 cm³/mol. The van der Waals surface area contributed by atoms with Crippen molar-refractivity contribution in [1.29, 1.82) is 5.26 Å². The monoisotopic (exact) mass is 217 g/mol. The highest BCUT2D eigenvalue weighted by atomic mass is 16.5. The fourth-order valence-corrected chi connectivity index (χ4v) is 1.89. The normalized spacial score (nSPS) is 24.0. The van der Waals surface area contributed by atoms with Crippen LogP contribution >= 0.6 is 0 Å². The van der Waals surface area contributed by atoms with Gasteiger partial charge in [-0.1, -0.05) is 0 Å². The summed E-state index contributed by atoms with van der Waals surface area (Å²) in [5.74, 6) is 0. The molecule has 1 unspecified atom stereocenters. The smallest absolute Gasteiger partial charge is 0.101 e. The second-order valence-corrected chi connectivity index (χ2v) is 4.29. The highest BCUT2D eigenvalue weighted by Gasteiger charge is 2.29. The SMILES string of the molecule is CC1(CNc2cnccc2C#N)CCCO1. The molecule has 4 nitrogen and oxygen atoms in total. The second kappa shape index (κ2) is 4.50. The summed E-state index contributed by atoms with van der Waals surface area (Å²) in [5.41, 5.74) is 1.29. The molecule has 16 heavy (non-hydrogen) atoms. The Hall–Kier alpha value is -1.60. The average Bonchev–Trinajstić information content (AvgIpc) is 2.74.